The summed E-state index contributed by atoms with van der Waals surface area (Å²) in [6, 6.07) is 0. The van der Waals surface area contributed by atoms with Gasteiger partial charge in [0.25, 0.3) is 0 Å². The van der Waals surface area contributed by atoms with Crippen LogP contribution < -0.4 is 0 Å². The molecule has 0 radical (unpaired) electrons. The van der Waals surface area contributed by atoms with Gasteiger partial charge in [-0.1, -0.05) is 6.92 Å². The molecule has 1 saturated heterocycles. The van der Waals surface area contributed by atoms with Crippen molar-refractivity contribution in [1.29, 1.82) is 0 Å². The molecular formula is C9H26B3N3+2. The minimum absolute atomic E-state index is 0.760. The van der Waals surface area contributed by atoms with Crippen molar-refractivity contribution in [2.24, 2.45) is 0 Å². The summed E-state index contributed by atoms with van der Waals surface area (Å²) in [4.78, 5) is 0. The molecule has 0 aromatic rings. The van der Waals surface area contributed by atoms with E-state index in [0.717, 1.165) is 6.98 Å². The lowest BCUT2D eigenvalue weighted by molar-refractivity contribution is -0.818. The van der Waals surface area contributed by atoms with Gasteiger partial charge in [-0.05, 0) is 20.9 Å². The van der Waals surface area contributed by atoms with Gasteiger partial charge in [0.15, 0.2) is 0 Å². The molecule has 2 atom stereocenters. The van der Waals surface area contributed by atoms with E-state index in [1.165, 1.54) is 43.1 Å². The lowest BCUT2D eigenvalue weighted by Gasteiger charge is -2.52. The molecule has 0 N–H and O–H groups in total. The first kappa shape index (κ1) is 13.1. The summed E-state index contributed by atoms with van der Waals surface area (Å²) < 4.78 is 4.87. The van der Waals surface area contributed by atoms with Crippen LogP contribution in [0.1, 0.15) is 20.8 Å². The van der Waals surface area contributed by atoms with E-state index in [4.69, 9.17) is 0 Å². The van der Waals surface area contributed by atoms with E-state index in [1.807, 2.05) is 0 Å². The normalized spacial score (nSPS) is 37.3. The first-order valence-corrected chi connectivity index (χ1v) is 6.28. The molecule has 1 fully saturated rings. The fourth-order valence-corrected chi connectivity index (χ4v) is 3.51. The van der Waals surface area contributed by atoms with Gasteiger partial charge in [-0.2, -0.15) is 0 Å². The zero-order chi connectivity index (χ0) is 11.7. The number of quaternary nitrogens is 2. The van der Waals surface area contributed by atoms with Crippen LogP contribution in [0.25, 0.3) is 0 Å². The quantitative estimate of drug-likeness (QED) is 0.586. The van der Waals surface area contributed by atoms with Crippen LogP contribution in [-0.2, 0) is 0 Å². The fourth-order valence-electron chi connectivity index (χ4n) is 3.51. The highest BCUT2D eigenvalue weighted by Gasteiger charge is 2.58. The SMILES string of the molecule is CCB1[N+](C)(CC)BN(C)B[N+]1(C)CC. The van der Waals surface area contributed by atoms with Gasteiger partial charge < -0.3 is 8.61 Å². The van der Waals surface area contributed by atoms with E-state index in [2.05, 4.69) is 46.6 Å². The van der Waals surface area contributed by atoms with Crippen molar-refractivity contribution < 1.29 is 8.61 Å². The molecule has 0 aromatic heterocycles. The highest BCUT2D eigenvalue weighted by molar-refractivity contribution is 6.62. The van der Waals surface area contributed by atoms with E-state index in [1.54, 1.807) is 0 Å². The van der Waals surface area contributed by atoms with Crippen LogP contribution in [0.2, 0.25) is 6.32 Å². The van der Waals surface area contributed by atoms with Gasteiger partial charge >= 0.3 is 22.1 Å². The molecule has 0 saturated carbocycles. The molecule has 1 aliphatic rings. The Morgan fingerprint density at radius 1 is 1.00 bits per heavy atom. The van der Waals surface area contributed by atoms with Gasteiger partial charge in [0, 0.05) is 27.2 Å². The zero-order valence-electron chi connectivity index (χ0n) is 11.5. The predicted molar refractivity (Wildman–Crippen MR) is 71.7 cm³/mol. The Balaban J connectivity index is 2.99. The second kappa shape index (κ2) is 4.52. The summed E-state index contributed by atoms with van der Waals surface area (Å²) in [5.74, 6) is 0. The smallest absolute Gasteiger partial charge is 0.400 e. The highest BCUT2D eigenvalue weighted by atomic mass is 15.4. The second-order valence-electron chi connectivity index (χ2n) is 5.62. The van der Waals surface area contributed by atoms with Crippen LogP contribution in [0.3, 0.4) is 0 Å². The molecule has 1 aliphatic heterocycles. The molecular weight excluding hydrogens is 183 g/mol. The van der Waals surface area contributed by atoms with E-state index in [0.29, 0.717) is 0 Å². The van der Waals surface area contributed by atoms with Crippen molar-refractivity contribution in [3.63, 3.8) is 0 Å². The summed E-state index contributed by atoms with van der Waals surface area (Å²) in [7, 11) is 9.47. The minimum atomic E-state index is 0.760. The number of nitrogens with zero attached hydrogens (tertiary/aromatic N) is 3. The molecule has 0 aliphatic carbocycles. The molecule has 2 unspecified atom stereocenters. The summed E-state index contributed by atoms with van der Waals surface area (Å²) in [6.45, 7) is 10.2. The third-order valence-corrected chi connectivity index (χ3v) is 4.38. The maximum absolute atomic E-state index is 2.49. The average molecular weight is 209 g/mol. The lowest BCUT2D eigenvalue weighted by atomic mass is 9.51. The van der Waals surface area contributed by atoms with E-state index in [-0.39, 0.29) is 0 Å². The first-order chi connectivity index (χ1) is 6.91. The summed E-state index contributed by atoms with van der Waals surface area (Å²) in [5, 5.41) is 0. The Morgan fingerprint density at radius 3 is 1.67 bits per heavy atom. The van der Waals surface area contributed by atoms with Crippen LogP contribution in [0, 0.1) is 0 Å². The predicted octanol–water partition coefficient (Wildman–Crippen LogP) is -0.0941. The third-order valence-electron chi connectivity index (χ3n) is 4.38. The van der Waals surface area contributed by atoms with Crippen molar-refractivity contribution in [3.8, 4) is 0 Å². The van der Waals surface area contributed by atoms with Crippen molar-refractivity contribution >= 4 is 22.1 Å². The van der Waals surface area contributed by atoms with E-state index in [9.17, 15) is 0 Å². The molecule has 6 heteroatoms. The third kappa shape index (κ3) is 2.27. The van der Waals surface area contributed by atoms with Crippen molar-refractivity contribution in [1.82, 2.24) is 4.72 Å². The van der Waals surface area contributed by atoms with Gasteiger partial charge in [-0.15, -0.1) is 0 Å². The van der Waals surface area contributed by atoms with E-state index < -0.39 is 0 Å². The number of hydrogen-bond acceptors (Lipinski definition) is 1. The second-order valence-corrected chi connectivity index (χ2v) is 5.62. The molecule has 1 heterocycles. The van der Waals surface area contributed by atoms with Crippen LogP contribution >= 0.6 is 0 Å². The molecule has 15 heavy (non-hydrogen) atoms. The van der Waals surface area contributed by atoms with Crippen molar-refractivity contribution in [2.75, 3.05) is 34.2 Å². The molecule has 3 nitrogen and oxygen atoms in total. The fraction of sp³-hybridized carbons (Fsp3) is 1.00. The Hall–Kier alpha value is 0.0748. The summed E-state index contributed by atoms with van der Waals surface area (Å²) in [5.41, 5.74) is 0. The Bertz CT molecular complexity index is 209. The number of rotatable bonds is 3. The van der Waals surface area contributed by atoms with Crippen LogP contribution in [-0.4, -0.2) is 69.6 Å². The maximum atomic E-state index is 2.49. The summed E-state index contributed by atoms with van der Waals surface area (Å²) >= 11 is 0. The Kier molecular flexibility index (Phi) is 3.96. The molecule has 0 aromatic carbocycles. The topological polar surface area (TPSA) is 3.24 Å². The molecule has 0 spiro atoms. The minimum Gasteiger partial charge on any atom is -0.400 e. The van der Waals surface area contributed by atoms with Gasteiger partial charge in [0.2, 0.25) is 0 Å². The van der Waals surface area contributed by atoms with Gasteiger partial charge in [0.1, 0.15) is 0 Å². The van der Waals surface area contributed by atoms with E-state index >= 15 is 0 Å². The first-order valence-electron chi connectivity index (χ1n) is 6.28. The van der Waals surface area contributed by atoms with Crippen molar-refractivity contribution in [3.05, 3.63) is 0 Å². The van der Waals surface area contributed by atoms with Crippen LogP contribution in [0.5, 0.6) is 0 Å². The highest BCUT2D eigenvalue weighted by Crippen LogP contribution is 2.23. The van der Waals surface area contributed by atoms with Crippen molar-refractivity contribution in [2.45, 2.75) is 27.1 Å². The largest absolute Gasteiger partial charge is 0.632 e. The molecule has 1 rings (SSSR count). The maximum Gasteiger partial charge on any atom is 0.632 e. The monoisotopic (exact) mass is 209 g/mol. The van der Waals surface area contributed by atoms with Gasteiger partial charge in [-0.3, -0.25) is 4.72 Å². The Labute approximate surface area is 97.3 Å². The summed E-state index contributed by atoms with van der Waals surface area (Å²) in [6.07, 6.45) is 1.28. The molecule has 84 valence electrons. The van der Waals surface area contributed by atoms with Gasteiger partial charge in [0.05, 0.1) is 6.32 Å². The number of hydrogen-bond donors (Lipinski definition) is 0. The average Bonchev–Trinajstić information content (AvgIpc) is 2.17. The molecule has 0 amide bonds. The van der Waals surface area contributed by atoms with Crippen LogP contribution in [0.4, 0.5) is 0 Å². The standard InChI is InChI=1S/C9H26B3N3/c1-7-12-14(5,8-2)10-13(4)11-15(12,6)9-3/h10-11H,7-9H2,1-6H3/q+2. The van der Waals surface area contributed by atoms with Crippen LogP contribution in [0.15, 0.2) is 0 Å². The Morgan fingerprint density at radius 2 is 1.40 bits per heavy atom. The molecule has 0 bridgehead atoms. The zero-order valence-corrected chi connectivity index (χ0v) is 11.5. The lowest BCUT2D eigenvalue weighted by Crippen LogP contribution is -2.81. The van der Waals surface area contributed by atoms with Gasteiger partial charge in [-0.25, -0.2) is 0 Å².